The molecule has 1 aliphatic rings. The number of hydrogen-bond donors (Lipinski definition) is 0. The van der Waals surface area contributed by atoms with E-state index >= 15 is 0 Å². The van der Waals surface area contributed by atoms with Gasteiger partial charge in [-0.1, -0.05) is 84.8 Å². The Balaban J connectivity index is 1.33. The number of rotatable bonds is 5. The summed E-state index contributed by atoms with van der Waals surface area (Å²) in [6.45, 7) is 1.98. The Labute approximate surface area is 295 Å². The first-order valence-electron chi connectivity index (χ1n) is 16.7. The normalized spacial score (nSPS) is 16.1. The number of aromatic nitrogens is 2. The summed E-state index contributed by atoms with van der Waals surface area (Å²) in [6, 6.07) is 43.2. The van der Waals surface area contributed by atoms with E-state index < -0.39 is 0 Å². The summed E-state index contributed by atoms with van der Waals surface area (Å²) in [5, 5.41) is 34.2. The maximum absolute atomic E-state index is 10.5. The number of para-hydroxylation sites is 2. The zero-order valence-electron chi connectivity index (χ0n) is 27.7. The molecule has 0 aliphatic heterocycles. The van der Waals surface area contributed by atoms with Crippen molar-refractivity contribution in [1.29, 1.82) is 15.8 Å². The molecular formula is C46H29N5. The van der Waals surface area contributed by atoms with Gasteiger partial charge in [-0.15, -0.1) is 6.42 Å². The summed E-state index contributed by atoms with van der Waals surface area (Å²) in [5.41, 5.74) is 8.98. The highest BCUT2D eigenvalue weighted by molar-refractivity contribution is 6.10. The molecule has 5 heteroatoms. The van der Waals surface area contributed by atoms with E-state index in [9.17, 15) is 15.8 Å². The van der Waals surface area contributed by atoms with E-state index in [0.29, 0.717) is 11.1 Å². The van der Waals surface area contributed by atoms with Gasteiger partial charge in [0.2, 0.25) is 0 Å². The number of nitriles is 3. The van der Waals surface area contributed by atoms with Crippen LogP contribution in [0.1, 0.15) is 29.7 Å². The first-order valence-corrected chi connectivity index (χ1v) is 16.7. The molecule has 0 bridgehead atoms. The van der Waals surface area contributed by atoms with Crippen LogP contribution >= 0.6 is 0 Å². The summed E-state index contributed by atoms with van der Waals surface area (Å²) >= 11 is 0. The minimum atomic E-state index is -0.325. The molecule has 5 aromatic carbocycles. The van der Waals surface area contributed by atoms with Crippen molar-refractivity contribution in [3.05, 3.63) is 167 Å². The molecule has 0 fully saturated rings. The number of terminal acetylenes is 1. The molecule has 0 radical (unpaired) electrons. The van der Waals surface area contributed by atoms with Gasteiger partial charge >= 0.3 is 0 Å². The Morgan fingerprint density at radius 1 is 0.667 bits per heavy atom. The van der Waals surface area contributed by atoms with E-state index in [2.05, 4.69) is 118 Å². The molecule has 2 aromatic heterocycles. The first kappa shape index (κ1) is 31.0. The van der Waals surface area contributed by atoms with Crippen molar-refractivity contribution in [2.75, 3.05) is 0 Å². The van der Waals surface area contributed by atoms with Gasteiger partial charge in [-0.05, 0) is 84.3 Å². The van der Waals surface area contributed by atoms with E-state index in [1.807, 2.05) is 61.5 Å². The predicted molar refractivity (Wildman–Crippen MR) is 206 cm³/mol. The third-order valence-corrected chi connectivity index (χ3v) is 9.90. The van der Waals surface area contributed by atoms with Gasteiger partial charge in [0.25, 0.3) is 0 Å². The molecule has 0 N–H and O–H groups in total. The number of hydrogen-bond acceptors (Lipinski definition) is 3. The van der Waals surface area contributed by atoms with Crippen LogP contribution in [-0.2, 0) is 0 Å². The standard InChI is InChI=1S/C46H29N5/c1-3-32(29-49)46(35(4-2)33-12-11-13-34(26-33)50-41-17-8-5-14-36(41)37-15-6-9-18-42(37)50)38-16-7-10-19-43(38)51-44-22-20-30(27-47)24-39(44)40-25-31(28-48)21-23-45(40)51/h1,4-26,38,43H,2H3/b35-4-,46-32-. The van der Waals surface area contributed by atoms with Crippen LogP contribution in [0.25, 0.3) is 54.9 Å². The lowest BCUT2D eigenvalue weighted by atomic mass is 9.79. The molecule has 0 spiro atoms. The molecular weight excluding hydrogens is 623 g/mol. The molecule has 8 rings (SSSR count). The number of allylic oxidation sites excluding steroid dienone is 8. The molecule has 2 heterocycles. The van der Waals surface area contributed by atoms with Gasteiger partial charge in [-0.3, -0.25) is 0 Å². The van der Waals surface area contributed by atoms with Crippen molar-refractivity contribution in [3.8, 4) is 36.2 Å². The van der Waals surface area contributed by atoms with E-state index in [4.69, 9.17) is 6.42 Å². The highest BCUT2D eigenvalue weighted by atomic mass is 15.0. The maximum atomic E-state index is 10.5. The molecule has 0 amide bonds. The Morgan fingerprint density at radius 2 is 1.27 bits per heavy atom. The fraction of sp³-hybridized carbons (Fsp3) is 0.0652. The molecule has 51 heavy (non-hydrogen) atoms. The summed E-state index contributed by atoms with van der Waals surface area (Å²) in [7, 11) is 0. The van der Waals surface area contributed by atoms with Crippen LogP contribution in [0.5, 0.6) is 0 Å². The third kappa shape index (κ3) is 4.93. The summed E-state index contributed by atoms with van der Waals surface area (Å²) in [4.78, 5) is 0. The lowest BCUT2D eigenvalue weighted by Crippen LogP contribution is -2.21. The Bertz CT molecular complexity index is 2740. The van der Waals surface area contributed by atoms with Crippen LogP contribution in [0.15, 0.2) is 151 Å². The Morgan fingerprint density at radius 3 is 1.84 bits per heavy atom. The average Bonchev–Trinajstić information content (AvgIpc) is 3.70. The van der Waals surface area contributed by atoms with Gasteiger partial charge < -0.3 is 9.13 Å². The number of fused-ring (bicyclic) bond motifs is 6. The van der Waals surface area contributed by atoms with Crippen LogP contribution in [0, 0.1) is 52.3 Å². The van der Waals surface area contributed by atoms with Crippen molar-refractivity contribution >= 4 is 49.2 Å². The van der Waals surface area contributed by atoms with Gasteiger partial charge in [0.15, 0.2) is 0 Å². The largest absolute Gasteiger partial charge is 0.332 e. The number of benzene rings is 5. The SMILES string of the molecule is C#C/C(C#N)=C(\C(=C/C)c1cccc(-n2c3ccccc3c3ccccc32)c1)C1C=CC=CC1n1c2ccc(C#N)cc2c2cc(C#N)ccc21. The maximum Gasteiger partial charge on any atom is 0.109 e. The topological polar surface area (TPSA) is 81.2 Å². The fourth-order valence-corrected chi connectivity index (χ4v) is 7.76. The zero-order valence-corrected chi connectivity index (χ0v) is 27.7. The second-order valence-electron chi connectivity index (χ2n) is 12.5. The Hall–Kier alpha value is -7.31. The molecule has 5 nitrogen and oxygen atoms in total. The summed E-state index contributed by atoms with van der Waals surface area (Å²) in [6.07, 6.45) is 16.4. The molecule has 2 unspecified atom stereocenters. The minimum Gasteiger partial charge on any atom is -0.332 e. The fourth-order valence-electron chi connectivity index (χ4n) is 7.76. The minimum absolute atomic E-state index is 0.264. The smallest absolute Gasteiger partial charge is 0.109 e. The number of nitrogens with zero attached hydrogens (tertiary/aromatic N) is 5. The zero-order chi connectivity index (χ0) is 35.1. The lowest BCUT2D eigenvalue weighted by molar-refractivity contribution is 0.538. The molecule has 0 saturated heterocycles. The first-order chi connectivity index (χ1) is 25.1. The predicted octanol–water partition coefficient (Wildman–Crippen LogP) is 10.5. The van der Waals surface area contributed by atoms with E-state index in [-0.39, 0.29) is 17.5 Å². The van der Waals surface area contributed by atoms with Gasteiger partial charge in [0, 0.05) is 44.2 Å². The van der Waals surface area contributed by atoms with Crippen LogP contribution in [-0.4, -0.2) is 9.13 Å². The van der Waals surface area contributed by atoms with Gasteiger partial charge in [0.05, 0.1) is 40.3 Å². The van der Waals surface area contributed by atoms with Crippen LogP contribution < -0.4 is 0 Å². The molecule has 1 aliphatic carbocycles. The molecule has 2 atom stereocenters. The second-order valence-corrected chi connectivity index (χ2v) is 12.5. The highest BCUT2D eigenvalue weighted by Gasteiger charge is 2.31. The van der Waals surface area contributed by atoms with Crippen molar-refractivity contribution in [2.24, 2.45) is 5.92 Å². The van der Waals surface area contributed by atoms with Crippen molar-refractivity contribution in [1.82, 2.24) is 9.13 Å². The summed E-state index contributed by atoms with van der Waals surface area (Å²) in [5.74, 6) is 2.40. The van der Waals surface area contributed by atoms with Crippen LogP contribution in [0.3, 0.4) is 0 Å². The van der Waals surface area contributed by atoms with Gasteiger partial charge in [-0.25, -0.2) is 0 Å². The molecule has 238 valence electrons. The monoisotopic (exact) mass is 651 g/mol. The van der Waals surface area contributed by atoms with Crippen molar-refractivity contribution in [2.45, 2.75) is 13.0 Å². The molecule has 7 aromatic rings. The van der Waals surface area contributed by atoms with Crippen LogP contribution in [0.4, 0.5) is 0 Å². The second kappa shape index (κ2) is 12.6. The van der Waals surface area contributed by atoms with E-state index in [1.165, 1.54) is 10.8 Å². The summed E-state index contributed by atoms with van der Waals surface area (Å²) < 4.78 is 4.53. The molecule has 0 saturated carbocycles. The lowest BCUT2D eigenvalue weighted by Gasteiger charge is -2.31. The van der Waals surface area contributed by atoms with Gasteiger partial charge in [0.1, 0.15) is 11.6 Å². The highest BCUT2D eigenvalue weighted by Crippen LogP contribution is 2.44. The van der Waals surface area contributed by atoms with Crippen LogP contribution in [0.2, 0.25) is 0 Å². The van der Waals surface area contributed by atoms with E-state index in [1.54, 1.807) is 0 Å². The van der Waals surface area contributed by atoms with Crippen molar-refractivity contribution in [3.63, 3.8) is 0 Å². The Kier molecular flexibility index (Phi) is 7.67. The average molecular weight is 652 g/mol. The quantitative estimate of drug-likeness (QED) is 0.105. The van der Waals surface area contributed by atoms with Crippen molar-refractivity contribution < 1.29 is 0 Å². The third-order valence-electron chi connectivity index (χ3n) is 9.90. The van der Waals surface area contributed by atoms with Gasteiger partial charge in [-0.2, -0.15) is 15.8 Å². The van der Waals surface area contributed by atoms with E-state index in [0.717, 1.165) is 55.2 Å².